The molecule has 0 aliphatic carbocycles. The lowest BCUT2D eigenvalue weighted by atomic mass is 10.2. The molecule has 31 heavy (non-hydrogen) atoms. The van der Waals surface area contributed by atoms with Gasteiger partial charge in [-0.05, 0) is 42.0 Å². The molecule has 4 rings (SSSR count). The summed E-state index contributed by atoms with van der Waals surface area (Å²) in [6.45, 7) is 0. The molecular weight excluding hydrogens is 405 g/mol. The van der Waals surface area contributed by atoms with E-state index in [1.807, 2.05) is 0 Å². The number of hydrogen-bond donors (Lipinski definition) is 2. The molecule has 2 aromatic heterocycles. The van der Waals surface area contributed by atoms with Gasteiger partial charge in [-0.3, -0.25) is 19.9 Å². The first-order valence-corrected chi connectivity index (χ1v) is 8.98. The van der Waals surface area contributed by atoms with E-state index in [1.165, 1.54) is 42.6 Å². The summed E-state index contributed by atoms with van der Waals surface area (Å²) in [5.41, 5.74) is 1.76. The Labute approximate surface area is 174 Å². The normalized spacial score (nSPS) is 11.1. The Kier molecular flexibility index (Phi) is 5.10. The lowest BCUT2D eigenvalue weighted by Crippen LogP contribution is -2.08. The van der Waals surface area contributed by atoms with E-state index in [0.29, 0.717) is 22.5 Å². The van der Waals surface area contributed by atoms with Crippen molar-refractivity contribution >= 4 is 34.4 Å². The van der Waals surface area contributed by atoms with Crippen LogP contribution in [-0.2, 0) is 4.79 Å². The molecule has 154 valence electrons. The van der Waals surface area contributed by atoms with Gasteiger partial charge in [0.15, 0.2) is 5.82 Å². The second-order valence-corrected chi connectivity index (χ2v) is 6.48. The van der Waals surface area contributed by atoms with Gasteiger partial charge in [0.2, 0.25) is 5.91 Å². The Morgan fingerprint density at radius 2 is 1.94 bits per heavy atom. The number of anilines is 1. The topological polar surface area (TPSA) is 123 Å². The molecule has 4 aromatic rings. The molecule has 2 heterocycles. The number of rotatable bonds is 5. The summed E-state index contributed by atoms with van der Waals surface area (Å²) in [6.07, 6.45) is 4.24. The first kappa shape index (κ1) is 19.7. The van der Waals surface area contributed by atoms with Crippen LogP contribution in [0.5, 0.6) is 0 Å². The first-order chi connectivity index (χ1) is 14.9. The van der Waals surface area contributed by atoms with Gasteiger partial charge in [0.25, 0.3) is 5.69 Å². The molecule has 0 aliphatic rings. The molecule has 0 unspecified atom stereocenters. The Hall–Kier alpha value is -4.60. The monoisotopic (exact) mass is 419 g/mol. The van der Waals surface area contributed by atoms with E-state index in [9.17, 15) is 24.5 Å². The minimum absolute atomic E-state index is 0.101. The van der Waals surface area contributed by atoms with Crippen molar-refractivity contribution in [2.24, 2.45) is 0 Å². The fourth-order valence-corrected chi connectivity index (χ4v) is 2.86. The molecule has 10 heteroatoms. The van der Waals surface area contributed by atoms with E-state index >= 15 is 0 Å². The van der Waals surface area contributed by atoms with Crippen LogP contribution in [0, 0.1) is 15.9 Å². The van der Waals surface area contributed by atoms with Crippen LogP contribution in [0.1, 0.15) is 5.56 Å². The molecule has 0 atom stereocenters. The van der Waals surface area contributed by atoms with Gasteiger partial charge in [-0.1, -0.05) is 12.1 Å². The summed E-state index contributed by atoms with van der Waals surface area (Å²) in [7, 11) is 0. The van der Waals surface area contributed by atoms with Gasteiger partial charge in [0.1, 0.15) is 17.0 Å². The van der Waals surface area contributed by atoms with Gasteiger partial charge in [-0.15, -0.1) is 0 Å². The molecular formula is C21H14FN5O4. The average molecular weight is 419 g/mol. The molecule has 1 amide bonds. The number of nitrogens with zero attached hydrogens (tertiary/aromatic N) is 4. The summed E-state index contributed by atoms with van der Waals surface area (Å²) in [4.78, 5) is 30.8. The number of fused-ring (bicyclic) bond motifs is 1. The van der Waals surface area contributed by atoms with Gasteiger partial charge in [0, 0.05) is 18.2 Å². The maximum absolute atomic E-state index is 12.9. The Morgan fingerprint density at radius 3 is 2.61 bits per heavy atom. The number of carbonyl (C=O) groups is 1. The van der Waals surface area contributed by atoms with E-state index in [4.69, 9.17) is 0 Å². The zero-order valence-corrected chi connectivity index (χ0v) is 15.8. The Balaban J connectivity index is 1.50. The Morgan fingerprint density at radius 1 is 1.16 bits per heavy atom. The van der Waals surface area contributed by atoms with Crippen LogP contribution >= 0.6 is 0 Å². The van der Waals surface area contributed by atoms with Gasteiger partial charge in [-0.2, -0.15) is 4.73 Å². The van der Waals surface area contributed by atoms with Crippen LogP contribution in [0.3, 0.4) is 0 Å². The summed E-state index contributed by atoms with van der Waals surface area (Å²) in [6, 6.07) is 12.8. The number of aromatic nitrogens is 3. The quantitative estimate of drug-likeness (QED) is 0.218. The highest BCUT2D eigenvalue weighted by Gasteiger charge is 2.16. The highest BCUT2D eigenvalue weighted by atomic mass is 19.1. The van der Waals surface area contributed by atoms with Crippen LogP contribution in [0.4, 0.5) is 15.8 Å². The Bertz CT molecular complexity index is 1310. The third-order valence-corrected chi connectivity index (χ3v) is 4.38. The predicted octanol–water partition coefficient (Wildman–Crippen LogP) is 4.03. The number of pyridine rings is 1. The second kappa shape index (κ2) is 8.03. The zero-order chi connectivity index (χ0) is 22.0. The number of imidazole rings is 1. The van der Waals surface area contributed by atoms with Crippen molar-refractivity contribution in [1.29, 1.82) is 0 Å². The molecule has 2 aromatic carbocycles. The van der Waals surface area contributed by atoms with Gasteiger partial charge in [-0.25, -0.2) is 9.37 Å². The molecule has 0 saturated heterocycles. The zero-order valence-electron chi connectivity index (χ0n) is 15.8. The first-order valence-electron chi connectivity index (χ1n) is 8.98. The van der Waals surface area contributed by atoms with Gasteiger partial charge in [0.05, 0.1) is 22.3 Å². The van der Waals surface area contributed by atoms with Crippen LogP contribution < -0.4 is 5.32 Å². The highest BCUT2D eigenvalue weighted by Crippen LogP contribution is 2.25. The van der Waals surface area contributed by atoms with E-state index in [0.717, 1.165) is 4.73 Å². The largest absolute Gasteiger partial charge is 0.426 e. The molecule has 0 saturated carbocycles. The summed E-state index contributed by atoms with van der Waals surface area (Å²) in [5, 5.41) is 23.9. The number of nitrogens with one attached hydrogen (secondary N) is 1. The van der Waals surface area contributed by atoms with Crippen LogP contribution in [0.15, 0.2) is 66.9 Å². The number of nitro benzene ring substituents is 1. The number of non-ortho nitro benzene ring substituents is 1. The van der Waals surface area contributed by atoms with Crippen molar-refractivity contribution < 1.29 is 19.3 Å². The molecule has 9 nitrogen and oxygen atoms in total. The van der Waals surface area contributed by atoms with Crippen LogP contribution in [-0.4, -0.2) is 30.7 Å². The lowest BCUT2D eigenvalue weighted by molar-refractivity contribution is -0.384. The van der Waals surface area contributed by atoms with E-state index in [2.05, 4.69) is 15.3 Å². The summed E-state index contributed by atoms with van der Waals surface area (Å²) >= 11 is 0. The third-order valence-electron chi connectivity index (χ3n) is 4.38. The number of hydrogen-bond acceptors (Lipinski definition) is 6. The van der Waals surface area contributed by atoms with Crippen LogP contribution in [0.25, 0.3) is 28.6 Å². The fraction of sp³-hybridized carbons (Fsp3) is 0. The van der Waals surface area contributed by atoms with Crippen molar-refractivity contribution in [3.63, 3.8) is 0 Å². The molecule has 0 radical (unpaired) electrons. The van der Waals surface area contributed by atoms with E-state index in [1.54, 1.807) is 30.3 Å². The highest BCUT2D eigenvalue weighted by molar-refractivity contribution is 6.01. The molecule has 0 bridgehead atoms. The summed E-state index contributed by atoms with van der Waals surface area (Å²) in [5.74, 6) is -0.660. The third kappa shape index (κ3) is 4.22. The SMILES string of the molecule is O=C(/C=C/c1ccc(F)cc1)Nc1ccc(-c2nc3ccc([N+](=O)[O-])cc3n2O)nc1. The van der Waals surface area contributed by atoms with Gasteiger partial charge < -0.3 is 10.5 Å². The second-order valence-electron chi connectivity index (χ2n) is 6.48. The fourth-order valence-electron chi connectivity index (χ4n) is 2.86. The number of amides is 1. The van der Waals surface area contributed by atoms with Crippen molar-refractivity contribution in [3.05, 3.63) is 88.4 Å². The lowest BCUT2D eigenvalue weighted by Gasteiger charge is -2.04. The average Bonchev–Trinajstić information content (AvgIpc) is 3.10. The molecule has 0 spiro atoms. The van der Waals surface area contributed by atoms with E-state index in [-0.39, 0.29) is 22.8 Å². The van der Waals surface area contributed by atoms with Crippen molar-refractivity contribution in [3.8, 4) is 11.5 Å². The maximum atomic E-state index is 12.9. The standard InChI is InChI=1S/C21H14FN5O4/c22-14-4-1-13(2-5-14)3-10-20(28)24-15-6-8-18(23-12-15)21-25-17-9-7-16(27(30)31)11-19(17)26(21)29/h1-12,29H,(H,24,28)/b10-3+. The van der Waals surface area contributed by atoms with Crippen molar-refractivity contribution in [2.45, 2.75) is 0 Å². The van der Waals surface area contributed by atoms with E-state index < -0.39 is 10.8 Å². The molecule has 2 N–H and O–H groups in total. The predicted molar refractivity (Wildman–Crippen MR) is 111 cm³/mol. The minimum atomic E-state index is -0.563. The molecule has 0 aliphatic heterocycles. The number of halogens is 1. The smallest absolute Gasteiger partial charge is 0.271 e. The molecule has 0 fully saturated rings. The summed E-state index contributed by atoms with van der Waals surface area (Å²) < 4.78 is 13.6. The van der Waals surface area contributed by atoms with Crippen LogP contribution in [0.2, 0.25) is 0 Å². The minimum Gasteiger partial charge on any atom is -0.426 e. The van der Waals surface area contributed by atoms with Crippen molar-refractivity contribution in [2.75, 3.05) is 5.32 Å². The van der Waals surface area contributed by atoms with Crippen molar-refractivity contribution in [1.82, 2.24) is 14.7 Å². The van der Waals surface area contributed by atoms with Gasteiger partial charge >= 0.3 is 0 Å². The number of benzene rings is 2. The maximum Gasteiger partial charge on any atom is 0.271 e. The number of nitro groups is 1. The number of carbonyl (C=O) groups excluding carboxylic acids is 1.